The van der Waals surface area contributed by atoms with Gasteiger partial charge < -0.3 is 15.4 Å². The van der Waals surface area contributed by atoms with E-state index in [1.807, 2.05) is 6.92 Å². The lowest BCUT2D eigenvalue weighted by atomic mass is 10.0. The lowest BCUT2D eigenvalue weighted by Gasteiger charge is -2.30. The number of hydrogen-bond donors (Lipinski definition) is 1. The predicted octanol–water partition coefficient (Wildman–Crippen LogP) is 1.70. The van der Waals surface area contributed by atoms with Crippen molar-refractivity contribution in [3.63, 3.8) is 0 Å². The van der Waals surface area contributed by atoms with Gasteiger partial charge in [0.25, 0.3) is 11.8 Å². The Balaban J connectivity index is 1.81. The van der Waals surface area contributed by atoms with Crippen LogP contribution in [0, 0.1) is 6.92 Å². The van der Waals surface area contributed by atoms with Crippen LogP contribution in [0.25, 0.3) is 0 Å². The van der Waals surface area contributed by atoms with Crippen molar-refractivity contribution in [1.82, 2.24) is 4.31 Å². The zero-order valence-electron chi connectivity index (χ0n) is 17.2. The van der Waals surface area contributed by atoms with E-state index < -0.39 is 15.9 Å². The second kappa shape index (κ2) is 8.45. The molecule has 0 saturated heterocycles. The molecule has 0 fully saturated rings. The lowest BCUT2D eigenvalue weighted by molar-refractivity contribution is -0.120. The van der Waals surface area contributed by atoms with E-state index >= 15 is 0 Å². The summed E-state index contributed by atoms with van der Waals surface area (Å²) in [6.45, 7) is 2.09. The number of benzene rings is 2. The molecule has 1 aliphatic heterocycles. The van der Waals surface area contributed by atoms with Crippen molar-refractivity contribution in [3.05, 3.63) is 53.1 Å². The Bertz CT molecular complexity index is 1100. The van der Waals surface area contributed by atoms with Crippen LogP contribution in [0.5, 0.6) is 5.75 Å². The van der Waals surface area contributed by atoms with Crippen LogP contribution in [-0.2, 0) is 21.2 Å². The van der Waals surface area contributed by atoms with Gasteiger partial charge in [-0.05, 0) is 61.2 Å². The predicted molar refractivity (Wildman–Crippen MR) is 113 cm³/mol. The van der Waals surface area contributed by atoms with Gasteiger partial charge in [0.1, 0.15) is 5.75 Å². The third-order valence-electron chi connectivity index (χ3n) is 5.00. The Labute approximate surface area is 176 Å². The number of nitrogens with zero attached hydrogens (tertiary/aromatic N) is 2. The van der Waals surface area contributed by atoms with E-state index in [1.165, 1.54) is 20.2 Å². The number of fused-ring (bicyclic) bond motifs is 1. The summed E-state index contributed by atoms with van der Waals surface area (Å²) in [5.74, 6) is -0.646. The Morgan fingerprint density at radius 2 is 1.90 bits per heavy atom. The van der Waals surface area contributed by atoms with Crippen LogP contribution in [0.2, 0.25) is 0 Å². The summed E-state index contributed by atoms with van der Waals surface area (Å²) in [4.78, 5) is 26.2. The maximum absolute atomic E-state index is 12.8. The second-order valence-electron chi connectivity index (χ2n) is 7.38. The fourth-order valence-electron chi connectivity index (χ4n) is 3.37. The van der Waals surface area contributed by atoms with Crippen LogP contribution >= 0.6 is 0 Å². The second-order valence-corrected chi connectivity index (χ2v) is 9.53. The summed E-state index contributed by atoms with van der Waals surface area (Å²) >= 11 is 0. The minimum Gasteiger partial charge on any atom is -0.483 e. The zero-order chi connectivity index (χ0) is 22.1. The summed E-state index contributed by atoms with van der Waals surface area (Å²) in [6.07, 6.45) is 1.39. The number of anilines is 1. The number of rotatable bonds is 6. The van der Waals surface area contributed by atoms with Crippen LogP contribution in [-0.4, -0.2) is 51.8 Å². The number of hydrogen-bond acceptors (Lipinski definition) is 5. The minimum absolute atomic E-state index is 0.197. The maximum Gasteiger partial charge on any atom is 0.264 e. The SMILES string of the molecule is Cc1ccc(C(N)=O)c(OCC(=O)N2CCCc3cc(S(=O)(=O)N(C)C)ccc32)c1. The van der Waals surface area contributed by atoms with Crippen molar-refractivity contribution in [1.29, 1.82) is 0 Å². The third-order valence-corrected chi connectivity index (χ3v) is 6.81. The molecule has 2 N–H and O–H groups in total. The van der Waals surface area contributed by atoms with Crippen molar-refractivity contribution >= 4 is 27.5 Å². The van der Waals surface area contributed by atoms with Gasteiger partial charge in [0.15, 0.2) is 6.61 Å². The van der Waals surface area contributed by atoms with Crippen molar-refractivity contribution in [2.24, 2.45) is 5.73 Å². The molecule has 1 heterocycles. The maximum atomic E-state index is 12.8. The molecule has 0 aliphatic carbocycles. The number of aryl methyl sites for hydroxylation is 2. The Hall–Kier alpha value is -2.91. The molecule has 160 valence electrons. The quantitative estimate of drug-likeness (QED) is 0.749. The highest BCUT2D eigenvalue weighted by atomic mass is 32.2. The molecule has 2 aromatic rings. The normalized spacial score (nSPS) is 13.8. The van der Waals surface area contributed by atoms with E-state index in [0.717, 1.165) is 15.4 Å². The zero-order valence-corrected chi connectivity index (χ0v) is 18.0. The number of ether oxygens (including phenoxy) is 1. The van der Waals surface area contributed by atoms with Gasteiger partial charge >= 0.3 is 0 Å². The molecule has 1 aliphatic rings. The molecule has 30 heavy (non-hydrogen) atoms. The topological polar surface area (TPSA) is 110 Å². The molecule has 2 aromatic carbocycles. The van der Waals surface area contributed by atoms with Gasteiger partial charge in [0.05, 0.1) is 10.5 Å². The fourth-order valence-corrected chi connectivity index (χ4v) is 4.33. The summed E-state index contributed by atoms with van der Waals surface area (Å²) in [6, 6.07) is 9.76. The summed E-state index contributed by atoms with van der Waals surface area (Å²) in [7, 11) is -0.590. The number of sulfonamides is 1. The number of primary amides is 1. The first kappa shape index (κ1) is 21.8. The van der Waals surface area contributed by atoms with Crippen molar-refractivity contribution < 1.29 is 22.7 Å². The molecule has 0 spiro atoms. The van der Waals surface area contributed by atoms with Gasteiger partial charge in [0, 0.05) is 26.3 Å². The van der Waals surface area contributed by atoms with Crippen molar-refractivity contribution in [3.8, 4) is 5.75 Å². The van der Waals surface area contributed by atoms with E-state index in [4.69, 9.17) is 10.5 Å². The van der Waals surface area contributed by atoms with Crippen LogP contribution in [0.3, 0.4) is 0 Å². The number of nitrogens with two attached hydrogens (primary N) is 1. The molecule has 9 heteroatoms. The fraction of sp³-hybridized carbons (Fsp3) is 0.333. The van der Waals surface area contributed by atoms with Gasteiger partial charge in [-0.25, -0.2) is 12.7 Å². The van der Waals surface area contributed by atoms with E-state index in [1.54, 1.807) is 35.2 Å². The highest BCUT2D eigenvalue weighted by Gasteiger charge is 2.26. The van der Waals surface area contributed by atoms with Crippen LogP contribution in [0.15, 0.2) is 41.3 Å². The highest BCUT2D eigenvalue weighted by Crippen LogP contribution is 2.30. The van der Waals surface area contributed by atoms with Gasteiger partial charge in [-0.1, -0.05) is 6.07 Å². The first-order valence-corrected chi connectivity index (χ1v) is 10.9. The summed E-state index contributed by atoms with van der Waals surface area (Å²) in [5.41, 5.74) is 7.94. The van der Waals surface area contributed by atoms with Gasteiger partial charge in [-0.3, -0.25) is 9.59 Å². The minimum atomic E-state index is -3.55. The largest absolute Gasteiger partial charge is 0.483 e. The number of carbonyl (C=O) groups excluding carboxylic acids is 2. The van der Waals surface area contributed by atoms with Gasteiger partial charge in [-0.2, -0.15) is 0 Å². The van der Waals surface area contributed by atoms with Crippen LogP contribution in [0.1, 0.15) is 27.9 Å². The van der Waals surface area contributed by atoms with E-state index in [9.17, 15) is 18.0 Å². The molecule has 0 saturated carbocycles. The summed E-state index contributed by atoms with van der Waals surface area (Å²) in [5, 5.41) is 0. The number of carbonyl (C=O) groups is 2. The smallest absolute Gasteiger partial charge is 0.264 e. The first-order valence-electron chi connectivity index (χ1n) is 9.50. The van der Waals surface area contributed by atoms with Crippen LogP contribution < -0.4 is 15.4 Å². The monoisotopic (exact) mass is 431 g/mol. The van der Waals surface area contributed by atoms with Crippen LogP contribution in [0.4, 0.5) is 5.69 Å². The Morgan fingerprint density at radius 1 is 1.17 bits per heavy atom. The van der Waals surface area contributed by atoms with E-state index in [2.05, 4.69) is 0 Å². The lowest BCUT2D eigenvalue weighted by Crippen LogP contribution is -2.39. The van der Waals surface area contributed by atoms with Crippen molar-refractivity contribution in [2.75, 3.05) is 32.1 Å². The molecule has 8 nitrogen and oxygen atoms in total. The standard InChI is InChI=1S/C21H25N3O5S/c1-14-6-8-17(21(22)26)19(11-14)29-13-20(25)24-10-4-5-15-12-16(7-9-18(15)24)30(27,28)23(2)3/h6-9,11-12H,4-5,10,13H2,1-3H3,(H2,22,26). The molecule has 0 aromatic heterocycles. The first-order chi connectivity index (χ1) is 14.1. The number of amides is 2. The van der Waals surface area contributed by atoms with Gasteiger partial charge in [0.2, 0.25) is 10.0 Å². The molecular weight excluding hydrogens is 406 g/mol. The van der Waals surface area contributed by atoms with Gasteiger partial charge in [-0.15, -0.1) is 0 Å². The molecule has 0 unspecified atom stereocenters. The molecule has 3 rings (SSSR count). The van der Waals surface area contributed by atoms with E-state index in [0.29, 0.717) is 25.1 Å². The third kappa shape index (κ3) is 4.31. The average Bonchev–Trinajstić information content (AvgIpc) is 2.70. The van der Waals surface area contributed by atoms with E-state index in [-0.39, 0.29) is 28.7 Å². The summed E-state index contributed by atoms with van der Waals surface area (Å²) < 4.78 is 31.6. The Morgan fingerprint density at radius 3 is 2.57 bits per heavy atom. The average molecular weight is 432 g/mol. The molecule has 2 amide bonds. The molecule has 0 radical (unpaired) electrons. The Kier molecular flexibility index (Phi) is 6.14. The molecule has 0 atom stereocenters. The molecular formula is C21H25N3O5S. The highest BCUT2D eigenvalue weighted by molar-refractivity contribution is 7.89. The van der Waals surface area contributed by atoms with Crippen molar-refractivity contribution in [2.45, 2.75) is 24.7 Å². The molecule has 0 bridgehead atoms.